The Morgan fingerprint density at radius 2 is 2.21 bits per heavy atom. The highest BCUT2D eigenvalue weighted by molar-refractivity contribution is 7.99. The Morgan fingerprint density at radius 3 is 2.89 bits per heavy atom. The Kier molecular flexibility index (Phi) is 4.68. The first-order valence-corrected chi connectivity index (χ1v) is 6.96. The fourth-order valence-corrected chi connectivity index (χ4v) is 2.19. The molecule has 100 valence electrons. The molecule has 1 aromatic carbocycles. The molecule has 0 fully saturated rings. The Balaban J connectivity index is 1.92. The normalized spacial score (nSPS) is 10.5. The molecule has 2 rings (SSSR count). The molecular formula is C11H9Cl2N3O2S. The highest BCUT2D eigenvalue weighted by Crippen LogP contribution is 2.25. The third-order valence-corrected chi connectivity index (χ3v) is 3.42. The summed E-state index contributed by atoms with van der Waals surface area (Å²) in [4.78, 5) is 11.7. The van der Waals surface area contributed by atoms with Crippen molar-refractivity contribution in [1.29, 1.82) is 0 Å². The molecule has 1 N–H and O–H groups in total. The maximum absolute atomic E-state index is 11.7. The van der Waals surface area contributed by atoms with Gasteiger partial charge in [0.15, 0.2) is 0 Å². The second-order valence-electron chi connectivity index (χ2n) is 3.55. The van der Waals surface area contributed by atoms with E-state index in [4.69, 9.17) is 27.6 Å². The number of aromatic nitrogens is 2. The van der Waals surface area contributed by atoms with Crippen LogP contribution < -0.4 is 5.32 Å². The van der Waals surface area contributed by atoms with Crippen molar-refractivity contribution in [1.82, 2.24) is 10.2 Å². The van der Waals surface area contributed by atoms with Gasteiger partial charge in [-0.3, -0.25) is 4.79 Å². The van der Waals surface area contributed by atoms with Gasteiger partial charge in [-0.2, -0.15) is 0 Å². The summed E-state index contributed by atoms with van der Waals surface area (Å²) >= 11 is 12.9. The average Bonchev–Trinajstić information content (AvgIpc) is 2.77. The molecule has 0 bridgehead atoms. The molecule has 8 heteroatoms. The lowest BCUT2D eigenvalue weighted by atomic mass is 10.3. The molecule has 0 spiro atoms. The molecule has 19 heavy (non-hydrogen) atoms. The van der Waals surface area contributed by atoms with Gasteiger partial charge in [-0.05, 0) is 18.2 Å². The lowest BCUT2D eigenvalue weighted by Crippen LogP contribution is -2.14. The van der Waals surface area contributed by atoms with E-state index in [2.05, 4.69) is 15.5 Å². The van der Waals surface area contributed by atoms with Crippen LogP contribution in [0.1, 0.15) is 5.89 Å². The van der Waals surface area contributed by atoms with E-state index in [1.807, 2.05) is 0 Å². The molecule has 0 radical (unpaired) electrons. The SMILES string of the molecule is Cc1nnc(SCC(=O)Nc2cc(Cl)ccc2Cl)o1. The number of carbonyl (C=O) groups is 1. The number of hydrogen-bond donors (Lipinski definition) is 1. The molecule has 0 saturated heterocycles. The fraction of sp³-hybridized carbons (Fsp3) is 0.182. The van der Waals surface area contributed by atoms with Crippen LogP contribution in [-0.2, 0) is 4.79 Å². The van der Waals surface area contributed by atoms with Gasteiger partial charge in [-0.15, -0.1) is 10.2 Å². The van der Waals surface area contributed by atoms with Crippen molar-refractivity contribution in [2.75, 3.05) is 11.1 Å². The van der Waals surface area contributed by atoms with Crippen LogP contribution in [0.25, 0.3) is 0 Å². The number of nitrogens with one attached hydrogen (secondary N) is 1. The average molecular weight is 318 g/mol. The smallest absolute Gasteiger partial charge is 0.277 e. The van der Waals surface area contributed by atoms with E-state index in [1.54, 1.807) is 25.1 Å². The van der Waals surface area contributed by atoms with E-state index in [9.17, 15) is 4.79 Å². The number of carbonyl (C=O) groups excluding carboxylic acids is 1. The van der Waals surface area contributed by atoms with E-state index in [-0.39, 0.29) is 11.7 Å². The van der Waals surface area contributed by atoms with Crippen molar-refractivity contribution in [3.8, 4) is 0 Å². The van der Waals surface area contributed by atoms with E-state index in [1.165, 1.54) is 0 Å². The van der Waals surface area contributed by atoms with Crippen LogP contribution in [0.4, 0.5) is 5.69 Å². The zero-order valence-electron chi connectivity index (χ0n) is 9.81. The minimum absolute atomic E-state index is 0.143. The first kappa shape index (κ1) is 14.2. The monoisotopic (exact) mass is 317 g/mol. The maximum atomic E-state index is 11.7. The maximum Gasteiger partial charge on any atom is 0.277 e. The zero-order chi connectivity index (χ0) is 13.8. The van der Waals surface area contributed by atoms with Gasteiger partial charge in [0, 0.05) is 11.9 Å². The summed E-state index contributed by atoms with van der Waals surface area (Å²) in [7, 11) is 0. The number of amides is 1. The number of aryl methyl sites for hydroxylation is 1. The number of thioether (sulfide) groups is 1. The van der Waals surface area contributed by atoms with Crippen LogP contribution in [0.15, 0.2) is 27.8 Å². The predicted octanol–water partition coefficient (Wildman–Crippen LogP) is 3.42. The van der Waals surface area contributed by atoms with E-state index in [0.717, 1.165) is 11.8 Å². The van der Waals surface area contributed by atoms with Gasteiger partial charge in [0.25, 0.3) is 5.22 Å². The molecule has 5 nitrogen and oxygen atoms in total. The summed E-state index contributed by atoms with van der Waals surface area (Å²) in [5, 5.41) is 11.4. The minimum Gasteiger partial charge on any atom is -0.416 e. The van der Waals surface area contributed by atoms with Crippen LogP contribution in [0, 0.1) is 6.92 Å². The van der Waals surface area contributed by atoms with E-state index >= 15 is 0 Å². The van der Waals surface area contributed by atoms with Gasteiger partial charge >= 0.3 is 0 Å². The lowest BCUT2D eigenvalue weighted by molar-refractivity contribution is -0.113. The fourth-order valence-electron chi connectivity index (χ4n) is 1.24. The van der Waals surface area contributed by atoms with Crippen LogP contribution >= 0.6 is 35.0 Å². The van der Waals surface area contributed by atoms with Crippen LogP contribution in [0.2, 0.25) is 10.0 Å². The summed E-state index contributed by atoms with van der Waals surface area (Å²) in [5.74, 6) is 0.371. The standard InChI is InChI=1S/C11H9Cl2N3O2S/c1-6-15-16-11(18-6)19-5-10(17)14-9-4-7(12)2-3-8(9)13/h2-4H,5H2,1H3,(H,14,17). The summed E-state index contributed by atoms with van der Waals surface area (Å²) in [6.45, 7) is 1.68. The van der Waals surface area contributed by atoms with Gasteiger partial charge in [0.2, 0.25) is 11.8 Å². The number of halogens is 2. The van der Waals surface area contributed by atoms with Crippen molar-refractivity contribution in [2.24, 2.45) is 0 Å². The number of rotatable bonds is 4. The molecule has 1 aromatic heterocycles. The predicted molar refractivity (Wildman–Crippen MR) is 74.9 cm³/mol. The van der Waals surface area contributed by atoms with Crippen LogP contribution in [0.3, 0.4) is 0 Å². The van der Waals surface area contributed by atoms with Gasteiger partial charge in [0.05, 0.1) is 16.5 Å². The van der Waals surface area contributed by atoms with Gasteiger partial charge in [-0.25, -0.2) is 0 Å². The van der Waals surface area contributed by atoms with Crippen molar-refractivity contribution in [3.63, 3.8) is 0 Å². The Hall–Kier alpha value is -1.24. The Morgan fingerprint density at radius 1 is 1.42 bits per heavy atom. The summed E-state index contributed by atoms with van der Waals surface area (Å²) in [6.07, 6.45) is 0. The molecule has 0 atom stereocenters. The zero-order valence-corrected chi connectivity index (χ0v) is 12.1. The second-order valence-corrected chi connectivity index (χ2v) is 5.32. The molecule has 0 aliphatic carbocycles. The van der Waals surface area contributed by atoms with Crippen molar-refractivity contribution in [3.05, 3.63) is 34.1 Å². The van der Waals surface area contributed by atoms with Crippen molar-refractivity contribution < 1.29 is 9.21 Å². The summed E-state index contributed by atoms with van der Waals surface area (Å²) in [5.41, 5.74) is 0.474. The minimum atomic E-state index is -0.231. The summed E-state index contributed by atoms with van der Waals surface area (Å²) in [6, 6.07) is 4.85. The number of hydrogen-bond acceptors (Lipinski definition) is 5. The van der Waals surface area contributed by atoms with Gasteiger partial charge in [0.1, 0.15) is 0 Å². The third-order valence-electron chi connectivity index (χ3n) is 2.04. The third kappa shape index (κ3) is 4.12. The molecule has 0 unspecified atom stereocenters. The summed E-state index contributed by atoms with van der Waals surface area (Å²) < 4.78 is 5.14. The van der Waals surface area contributed by atoms with E-state index in [0.29, 0.717) is 26.8 Å². The first-order valence-electron chi connectivity index (χ1n) is 5.22. The molecule has 1 amide bonds. The Labute approximate surface area is 123 Å². The van der Waals surface area contributed by atoms with Crippen molar-refractivity contribution >= 4 is 46.6 Å². The first-order chi connectivity index (χ1) is 9.04. The second kappa shape index (κ2) is 6.27. The highest BCUT2D eigenvalue weighted by Gasteiger charge is 2.10. The number of anilines is 1. The molecular weight excluding hydrogens is 309 g/mol. The van der Waals surface area contributed by atoms with Crippen LogP contribution in [-0.4, -0.2) is 21.9 Å². The number of benzene rings is 1. The topological polar surface area (TPSA) is 68.0 Å². The molecule has 2 aromatic rings. The largest absolute Gasteiger partial charge is 0.416 e. The molecule has 0 aliphatic heterocycles. The van der Waals surface area contributed by atoms with Gasteiger partial charge in [-0.1, -0.05) is 35.0 Å². The van der Waals surface area contributed by atoms with Crippen molar-refractivity contribution in [2.45, 2.75) is 12.1 Å². The Bertz CT molecular complexity index is 603. The molecule has 1 heterocycles. The van der Waals surface area contributed by atoms with Gasteiger partial charge < -0.3 is 9.73 Å². The number of nitrogens with zero attached hydrogens (tertiary/aromatic N) is 2. The quantitative estimate of drug-likeness (QED) is 0.875. The molecule has 0 aliphatic rings. The van der Waals surface area contributed by atoms with E-state index < -0.39 is 0 Å². The molecule has 0 saturated carbocycles. The highest BCUT2D eigenvalue weighted by atomic mass is 35.5. The lowest BCUT2D eigenvalue weighted by Gasteiger charge is -2.06. The van der Waals surface area contributed by atoms with Crippen LogP contribution in [0.5, 0.6) is 0 Å².